The Labute approximate surface area is 147 Å². The minimum Gasteiger partial charge on any atom is -0.493 e. The molecule has 0 fully saturated rings. The number of nitrogens with two attached hydrogens (primary N) is 1. The topological polar surface area (TPSA) is 85.6 Å². The second-order valence-corrected chi connectivity index (χ2v) is 5.88. The van der Waals surface area contributed by atoms with E-state index in [1.165, 1.54) is 0 Å². The van der Waals surface area contributed by atoms with Gasteiger partial charge in [-0.15, -0.1) is 0 Å². The molecular formula is C19H23N3O3. The van der Waals surface area contributed by atoms with E-state index in [4.69, 9.17) is 15.2 Å². The zero-order chi connectivity index (χ0) is 17.6. The third-order valence-corrected chi connectivity index (χ3v) is 4.28. The van der Waals surface area contributed by atoms with Crippen molar-refractivity contribution in [2.24, 2.45) is 5.73 Å². The van der Waals surface area contributed by atoms with Gasteiger partial charge >= 0.3 is 6.03 Å². The summed E-state index contributed by atoms with van der Waals surface area (Å²) in [5.74, 6) is 1.38. The number of benzene rings is 2. The summed E-state index contributed by atoms with van der Waals surface area (Å²) in [7, 11) is 1.61. The Hall–Kier alpha value is -2.73. The molecule has 3 rings (SSSR count). The number of amides is 2. The van der Waals surface area contributed by atoms with Crippen LogP contribution in [0.15, 0.2) is 42.5 Å². The number of nitrogens with one attached hydrogen (secondary N) is 2. The molecule has 2 aromatic rings. The van der Waals surface area contributed by atoms with Crippen LogP contribution in [0.2, 0.25) is 0 Å². The molecule has 4 N–H and O–H groups in total. The molecule has 2 amide bonds. The van der Waals surface area contributed by atoms with Gasteiger partial charge in [0, 0.05) is 17.8 Å². The molecule has 1 heterocycles. The van der Waals surface area contributed by atoms with Gasteiger partial charge in [-0.05, 0) is 30.5 Å². The van der Waals surface area contributed by atoms with Gasteiger partial charge in [-0.2, -0.15) is 0 Å². The Kier molecular flexibility index (Phi) is 5.40. The number of hydrogen-bond acceptors (Lipinski definition) is 4. The summed E-state index contributed by atoms with van der Waals surface area (Å²) in [6.07, 6.45) is 1.65. The highest BCUT2D eigenvalue weighted by atomic mass is 16.5. The summed E-state index contributed by atoms with van der Waals surface area (Å²) in [5.41, 5.74) is 8.27. The molecule has 6 heteroatoms. The summed E-state index contributed by atoms with van der Waals surface area (Å²) >= 11 is 0. The summed E-state index contributed by atoms with van der Waals surface area (Å²) in [6, 6.07) is 12.8. The first kappa shape index (κ1) is 17.1. The molecule has 132 valence electrons. The number of ether oxygens (including phenoxy) is 2. The lowest BCUT2D eigenvalue weighted by atomic mass is 10.0. The lowest BCUT2D eigenvalue weighted by Gasteiger charge is -2.20. The van der Waals surface area contributed by atoms with Gasteiger partial charge in [0.25, 0.3) is 0 Å². The zero-order valence-corrected chi connectivity index (χ0v) is 14.2. The van der Waals surface area contributed by atoms with Crippen LogP contribution >= 0.6 is 0 Å². The first-order chi connectivity index (χ1) is 12.2. The molecule has 1 unspecified atom stereocenters. The van der Waals surface area contributed by atoms with Crippen molar-refractivity contribution in [1.29, 1.82) is 0 Å². The Morgan fingerprint density at radius 2 is 2.12 bits per heavy atom. The maximum atomic E-state index is 12.5. The number of rotatable bonds is 4. The third kappa shape index (κ3) is 3.85. The van der Waals surface area contributed by atoms with Crippen molar-refractivity contribution in [2.75, 3.05) is 19.0 Å². The van der Waals surface area contributed by atoms with E-state index in [-0.39, 0.29) is 12.1 Å². The fraction of sp³-hybridized carbons (Fsp3) is 0.316. The summed E-state index contributed by atoms with van der Waals surface area (Å²) in [4.78, 5) is 12.5. The van der Waals surface area contributed by atoms with Gasteiger partial charge in [-0.25, -0.2) is 4.79 Å². The van der Waals surface area contributed by atoms with Crippen LogP contribution in [0.5, 0.6) is 11.5 Å². The third-order valence-electron chi connectivity index (χ3n) is 4.28. The molecule has 0 radical (unpaired) electrons. The Morgan fingerprint density at radius 1 is 1.28 bits per heavy atom. The van der Waals surface area contributed by atoms with Crippen molar-refractivity contribution >= 4 is 11.7 Å². The van der Waals surface area contributed by atoms with Gasteiger partial charge in [0.1, 0.15) is 0 Å². The van der Waals surface area contributed by atoms with E-state index in [9.17, 15) is 4.79 Å². The standard InChI is InChI=1S/C19H23N3O3/c1-24-17-10-4-7-14-16(9-5-11-25-18(14)17)22-19(23)21-15-8-3-2-6-13(15)12-20/h2-4,6-8,10,16H,5,9,11-12,20H2,1H3,(H2,21,22,23). The second kappa shape index (κ2) is 7.90. The second-order valence-electron chi connectivity index (χ2n) is 5.88. The van der Waals surface area contributed by atoms with E-state index >= 15 is 0 Å². The smallest absolute Gasteiger partial charge is 0.319 e. The number of urea groups is 1. The van der Waals surface area contributed by atoms with Crippen molar-refractivity contribution in [3.05, 3.63) is 53.6 Å². The highest BCUT2D eigenvalue weighted by Crippen LogP contribution is 2.38. The number of methoxy groups -OCH3 is 1. The monoisotopic (exact) mass is 341 g/mol. The van der Waals surface area contributed by atoms with Crippen molar-refractivity contribution < 1.29 is 14.3 Å². The first-order valence-corrected chi connectivity index (χ1v) is 8.38. The average molecular weight is 341 g/mol. The van der Waals surface area contributed by atoms with Crippen molar-refractivity contribution in [3.8, 4) is 11.5 Å². The van der Waals surface area contributed by atoms with Crippen molar-refractivity contribution in [3.63, 3.8) is 0 Å². The van der Waals surface area contributed by atoms with Crippen LogP contribution in [0.4, 0.5) is 10.5 Å². The fourth-order valence-corrected chi connectivity index (χ4v) is 3.03. The normalized spacial score (nSPS) is 16.2. The molecule has 6 nitrogen and oxygen atoms in total. The number of para-hydroxylation sites is 2. The Morgan fingerprint density at radius 3 is 2.92 bits per heavy atom. The lowest BCUT2D eigenvalue weighted by molar-refractivity contribution is 0.247. The molecule has 1 aliphatic rings. The first-order valence-electron chi connectivity index (χ1n) is 8.38. The van der Waals surface area contributed by atoms with Crippen LogP contribution in [0.3, 0.4) is 0 Å². The molecule has 0 spiro atoms. The predicted molar refractivity (Wildman–Crippen MR) is 97.0 cm³/mol. The Bertz CT molecular complexity index is 748. The average Bonchev–Trinajstić information content (AvgIpc) is 2.84. The highest BCUT2D eigenvalue weighted by Gasteiger charge is 2.24. The van der Waals surface area contributed by atoms with Gasteiger partial charge in [0.2, 0.25) is 0 Å². The molecular weight excluding hydrogens is 318 g/mol. The van der Waals surface area contributed by atoms with E-state index in [0.717, 1.165) is 29.7 Å². The largest absolute Gasteiger partial charge is 0.493 e. The maximum absolute atomic E-state index is 12.5. The van der Waals surface area contributed by atoms with Crippen LogP contribution in [0.25, 0.3) is 0 Å². The number of fused-ring (bicyclic) bond motifs is 1. The molecule has 1 atom stereocenters. The van der Waals surface area contributed by atoms with Crippen molar-refractivity contribution in [2.45, 2.75) is 25.4 Å². The molecule has 2 aromatic carbocycles. The molecule has 1 aliphatic heterocycles. The summed E-state index contributed by atoms with van der Waals surface area (Å²) < 4.78 is 11.2. The minimum atomic E-state index is -0.262. The van der Waals surface area contributed by atoms with Gasteiger partial charge in [0.05, 0.1) is 19.8 Å². The zero-order valence-electron chi connectivity index (χ0n) is 14.2. The summed E-state index contributed by atoms with van der Waals surface area (Å²) in [6.45, 7) is 0.969. The highest BCUT2D eigenvalue weighted by molar-refractivity contribution is 5.90. The molecule has 0 saturated heterocycles. The molecule has 0 bridgehead atoms. The van der Waals surface area contributed by atoms with E-state index in [0.29, 0.717) is 24.7 Å². The fourth-order valence-electron chi connectivity index (χ4n) is 3.03. The molecule has 0 aromatic heterocycles. The quantitative estimate of drug-likeness (QED) is 0.797. The van der Waals surface area contributed by atoms with Crippen LogP contribution in [0.1, 0.15) is 30.0 Å². The van der Waals surface area contributed by atoms with Gasteiger partial charge in [-0.1, -0.05) is 30.3 Å². The summed E-state index contributed by atoms with van der Waals surface area (Å²) in [5, 5.41) is 5.93. The SMILES string of the molecule is COc1cccc2c1OCCCC2NC(=O)Nc1ccccc1CN. The van der Waals surface area contributed by atoms with Crippen LogP contribution in [0, 0.1) is 0 Å². The number of carbonyl (C=O) groups excluding carboxylic acids is 1. The lowest BCUT2D eigenvalue weighted by Crippen LogP contribution is -2.32. The van der Waals surface area contributed by atoms with Gasteiger partial charge in [0.15, 0.2) is 11.5 Å². The van der Waals surface area contributed by atoms with Crippen LogP contribution < -0.4 is 25.8 Å². The number of carbonyl (C=O) groups is 1. The van der Waals surface area contributed by atoms with Crippen molar-refractivity contribution in [1.82, 2.24) is 5.32 Å². The molecule has 25 heavy (non-hydrogen) atoms. The van der Waals surface area contributed by atoms with E-state index in [1.807, 2.05) is 42.5 Å². The van der Waals surface area contributed by atoms with Gasteiger partial charge in [-0.3, -0.25) is 0 Å². The molecule has 0 aliphatic carbocycles. The molecule has 0 saturated carbocycles. The maximum Gasteiger partial charge on any atom is 0.319 e. The number of anilines is 1. The van der Waals surface area contributed by atoms with E-state index in [1.54, 1.807) is 7.11 Å². The predicted octanol–water partition coefficient (Wildman–Crippen LogP) is 3.19. The van der Waals surface area contributed by atoms with Crippen LogP contribution in [-0.4, -0.2) is 19.7 Å². The minimum absolute atomic E-state index is 0.141. The van der Waals surface area contributed by atoms with Crippen LogP contribution in [-0.2, 0) is 6.54 Å². The van der Waals surface area contributed by atoms with E-state index in [2.05, 4.69) is 10.6 Å². The van der Waals surface area contributed by atoms with E-state index < -0.39 is 0 Å². The van der Waals surface area contributed by atoms with Gasteiger partial charge < -0.3 is 25.8 Å². The number of hydrogen-bond donors (Lipinski definition) is 3. The Balaban J connectivity index is 1.78.